The molecule has 0 atom stereocenters. The Kier molecular flexibility index (Phi) is 3.34. The van der Waals surface area contributed by atoms with Crippen LogP contribution in [0.4, 0.5) is 0 Å². The summed E-state index contributed by atoms with van der Waals surface area (Å²) >= 11 is 3.44. The minimum absolute atomic E-state index is 0.469. The van der Waals surface area contributed by atoms with Crippen molar-refractivity contribution in [3.8, 4) is 11.4 Å². The van der Waals surface area contributed by atoms with Crippen molar-refractivity contribution in [3.05, 3.63) is 46.7 Å². The van der Waals surface area contributed by atoms with Gasteiger partial charge in [-0.2, -0.15) is 0 Å². The number of benzene rings is 1. The fraction of sp³-hybridized carbons (Fsp3) is 0.231. The third-order valence-electron chi connectivity index (χ3n) is 2.42. The summed E-state index contributed by atoms with van der Waals surface area (Å²) in [6.45, 7) is 4.27. The van der Waals surface area contributed by atoms with Gasteiger partial charge in [-0.25, -0.2) is 9.97 Å². The van der Waals surface area contributed by atoms with Crippen LogP contribution in [0.25, 0.3) is 11.4 Å². The first-order chi connectivity index (χ1) is 7.66. The molecule has 16 heavy (non-hydrogen) atoms. The largest absolute Gasteiger partial charge is 0.236 e. The zero-order chi connectivity index (χ0) is 11.5. The van der Waals surface area contributed by atoms with E-state index in [4.69, 9.17) is 0 Å². The zero-order valence-corrected chi connectivity index (χ0v) is 10.9. The molecule has 0 aliphatic heterocycles. The van der Waals surface area contributed by atoms with Crippen molar-refractivity contribution in [1.29, 1.82) is 0 Å². The highest BCUT2D eigenvalue weighted by Crippen LogP contribution is 2.20. The Labute approximate surface area is 104 Å². The number of rotatable bonds is 2. The van der Waals surface area contributed by atoms with E-state index in [-0.39, 0.29) is 0 Å². The summed E-state index contributed by atoms with van der Waals surface area (Å²) in [5.74, 6) is 1.24. The van der Waals surface area contributed by atoms with Crippen molar-refractivity contribution < 1.29 is 0 Å². The second kappa shape index (κ2) is 4.74. The van der Waals surface area contributed by atoms with Crippen LogP contribution in [0.3, 0.4) is 0 Å². The number of aromatic nitrogens is 2. The van der Waals surface area contributed by atoms with E-state index in [0.29, 0.717) is 5.92 Å². The predicted molar refractivity (Wildman–Crippen MR) is 69.3 cm³/mol. The summed E-state index contributed by atoms with van der Waals surface area (Å²) in [6.07, 6.45) is 3.79. The molecule has 3 heteroatoms. The van der Waals surface area contributed by atoms with Crippen LogP contribution in [0.2, 0.25) is 0 Å². The van der Waals surface area contributed by atoms with Crippen LogP contribution in [-0.2, 0) is 0 Å². The lowest BCUT2D eigenvalue weighted by Gasteiger charge is -2.05. The van der Waals surface area contributed by atoms with Crippen molar-refractivity contribution in [2.75, 3.05) is 0 Å². The van der Waals surface area contributed by atoms with Gasteiger partial charge in [0.25, 0.3) is 0 Å². The SMILES string of the molecule is CC(C)c1cnc(-c2cccc(Br)c2)nc1. The quantitative estimate of drug-likeness (QED) is 0.828. The Morgan fingerprint density at radius 2 is 1.81 bits per heavy atom. The molecule has 2 rings (SSSR count). The lowest BCUT2D eigenvalue weighted by molar-refractivity contribution is 0.847. The van der Waals surface area contributed by atoms with Gasteiger partial charge in [-0.15, -0.1) is 0 Å². The molecule has 0 N–H and O–H groups in total. The molecule has 0 aliphatic carbocycles. The van der Waals surface area contributed by atoms with Gasteiger partial charge in [0.2, 0.25) is 0 Å². The highest BCUT2D eigenvalue weighted by Gasteiger charge is 2.03. The molecular formula is C13H13BrN2. The number of hydrogen-bond donors (Lipinski definition) is 0. The Balaban J connectivity index is 2.35. The van der Waals surface area contributed by atoms with E-state index in [1.54, 1.807) is 0 Å². The van der Waals surface area contributed by atoms with Gasteiger partial charge in [0.15, 0.2) is 5.82 Å². The maximum absolute atomic E-state index is 4.38. The van der Waals surface area contributed by atoms with Gasteiger partial charge in [-0.1, -0.05) is 41.9 Å². The molecule has 0 aliphatic rings. The van der Waals surface area contributed by atoms with E-state index in [0.717, 1.165) is 15.9 Å². The maximum atomic E-state index is 4.38. The molecule has 0 bridgehead atoms. The molecule has 0 radical (unpaired) electrons. The van der Waals surface area contributed by atoms with Crippen LogP contribution in [-0.4, -0.2) is 9.97 Å². The van der Waals surface area contributed by atoms with E-state index in [2.05, 4.69) is 39.7 Å². The predicted octanol–water partition coefficient (Wildman–Crippen LogP) is 4.03. The van der Waals surface area contributed by atoms with Crippen LogP contribution in [0.5, 0.6) is 0 Å². The molecule has 0 spiro atoms. The maximum Gasteiger partial charge on any atom is 0.159 e. The van der Waals surface area contributed by atoms with Gasteiger partial charge >= 0.3 is 0 Å². The van der Waals surface area contributed by atoms with Crippen molar-refractivity contribution in [3.63, 3.8) is 0 Å². The molecule has 0 saturated heterocycles. The number of halogens is 1. The van der Waals surface area contributed by atoms with Gasteiger partial charge in [-0.3, -0.25) is 0 Å². The molecule has 1 aromatic heterocycles. The molecule has 0 fully saturated rings. The van der Waals surface area contributed by atoms with Crippen molar-refractivity contribution in [2.45, 2.75) is 19.8 Å². The lowest BCUT2D eigenvalue weighted by Crippen LogP contribution is -1.93. The lowest BCUT2D eigenvalue weighted by atomic mass is 10.1. The average Bonchev–Trinajstić information content (AvgIpc) is 2.29. The Morgan fingerprint density at radius 1 is 1.12 bits per heavy atom. The summed E-state index contributed by atoms with van der Waals surface area (Å²) in [5, 5.41) is 0. The van der Waals surface area contributed by atoms with E-state index < -0.39 is 0 Å². The molecule has 2 nitrogen and oxygen atoms in total. The van der Waals surface area contributed by atoms with Gasteiger partial charge < -0.3 is 0 Å². The Hall–Kier alpha value is -1.22. The van der Waals surface area contributed by atoms with Crippen molar-refractivity contribution in [2.24, 2.45) is 0 Å². The first kappa shape index (κ1) is 11.3. The van der Waals surface area contributed by atoms with E-state index in [1.807, 2.05) is 36.7 Å². The van der Waals surface area contributed by atoms with Gasteiger partial charge in [0, 0.05) is 22.4 Å². The molecule has 0 amide bonds. The van der Waals surface area contributed by atoms with Gasteiger partial charge in [0.1, 0.15) is 0 Å². The van der Waals surface area contributed by atoms with Crippen LogP contribution >= 0.6 is 15.9 Å². The first-order valence-electron chi connectivity index (χ1n) is 5.24. The molecular weight excluding hydrogens is 264 g/mol. The van der Waals surface area contributed by atoms with Gasteiger partial charge in [0.05, 0.1) is 0 Å². The molecule has 0 saturated carbocycles. The Bertz CT molecular complexity index is 478. The molecule has 82 valence electrons. The highest BCUT2D eigenvalue weighted by atomic mass is 79.9. The van der Waals surface area contributed by atoms with Crippen LogP contribution in [0.1, 0.15) is 25.3 Å². The van der Waals surface area contributed by atoms with Crippen LogP contribution in [0.15, 0.2) is 41.1 Å². The highest BCUT2D eigenvalue weighted by molar-refractivity contribution is 9.10. The van der Waals surface area contributed by atoms with E-state index in [9.17, 15) is 0 Å². The summed E-state index contributed by atoms with van der Waals surface area (Å²) in [7, 11) is 0. The molecule has 2 aromatic rings. The summed E-state index contributed by atoms with van der Waals surface area (Å²) in [4.78, 5) is 8.76. The molecule has 0 unspecified atom stereocenters. The summed E-state index contributed by atoms with van der Waals surface area (Å²) < 4.78 is 1.04. The zero-order valence-electron chi connectivity index (χ0n) is 9.31. The minimum Gasteiger partial charge on any atom is -0.236 e. The monoisotopic (exact) mass is 276 g/mol. The Morgan fingerprint density at radius 3 is 2.38 bits per heavy atom. The molecule has 1 heterocycles. The summed E-state index contributed by atoms with van der Waals surface area (Å²) in [5.41, 5.74) is 2.20. The number of hydrogen-bond acceptors (Lipinski definition) is 2. The smallest absolute Gasteiger partial charge is 0.159 e. The van der Waals surface area contributed by atoms with Crippen molar-refractivity contribution in [1.82, 2.24) is 9.97 Å². The average molecular weight is 277 g/mol. The normalized spacial score (nSPS) is 10.8. The fourth-order valence-corrected chi connectivity index (χ4v) is 1.81. The topological polar surface area (TPSA) is 25.8 Å². The molecule has 1 aromatic carbocycles. The first-order valence-corrected chi connectivity index (χ1v) is 6.04. The van der Waals surface area contributed by atoms with E-state index in [1.165, 1.54) is 5.56 Å². The van der Waals surface area contributed by atoms with Gasteiger partial charge in [-0.05, 0) is 23.6 Å². The van der Waals surface area contributed by atoms with Crippen LogP contribution < -0.4 is 0 Å². The fourth-order valence-electron chi connectivity index (χ4n) is 1.41. The third kappa shape index (κ3) is 2.47. The van der Waals surface area contributed by atoms with Crippen molar-refractivity contribution >= 4 is 15.9 Å². The third-order valence-corrected chi connectivity index (χ3v) is 2.91. The van der Waals surface area contributed by atoms with E-state index >= 15 is 0 Å². The number of nitrogens with zero attached hydrogens (tertiary/aromatic N) is 2. The van der Waals surface area contributed by atoms with Crippen LogP contribution in [0, 0.1) is 0 Å². The minimum atomic E-state index is 0.469. The standard InChI is InChI=1S/C13H13BrN2/c1-9(2)11-7-15-13(16-8-11)10-4-3-5-12(14)6-10/h3-9H,1-2H3. The second-order valence-corrected chi connectivity index (χ2v) is 4.92. The second-order valence-electron chi connectivity index (χ2n) is 4.01. The summed E-state index contributed by atoms with van der Waals surface area (Å²) in [6, 6.07) is 8.00.